The molecule has 5 heteroatoms. The van der Waals surface area contributed by atoms with E-state index in [1.165, 1.54) is 11.1 Å². The van der Waals surface area contributed by atoms with E-state index in [1.807, 2.05) is 0 Å². The van der Waals surface area contributed by atoms with Gasteiger partial charge in [-0.15, -0.1) is 0 Å². The lowest BCUT2D eigenvalue weighted by Gasteiger charge is -2.39. The summed E-state index contributed by atoms with van der Waals surface area (Å²) in [5.74, 6) is 1.12. The number of rotatable bonds is 3. The molecule has 3 aliphatic rings. The van der Waals surface area contributed by atoms with Crippen LogP contribution in [-0.4, -0.2) is 43.6 Å². The number of carbonyl (C=O) groups is 1. The molecule has 1 unspecified atom stereocenters. The molecular weight excluding hydrogens is 338 g/mol. The van der Waals surface area contributed by atoms with Crippen LogP contribution in [0.3, 0.4) is 0 Å². The summed E-state index contributed by atoms with van der Waals surface area (Å²) in [4.78, 5) is 16.9. The van der Waals surface area contributed by atoms with Crippen molar-refractivity contribution >= 4 is 11.6 Å². The molecule has 3 heterocycles. The van der Waals surface area contributed by atoms with Crippen molar-refractivity contribution in [2.75, 3.05) is 37.7 Å². The lowest BCUT2D eigenvalue weighted by atomic mass is 10.0. The highest BCUT2D eigenvalue weighted by Crippen LogP contribution is 2.31. The zero-order chi connectivity index (χ0) is 18.4. The third-order valence-electron chi connectivity index (χ3n) is 6.21. The monoisotopic (exact) mass is 363 g/mol. The first kappa shape index (κ1) is 16.6. The van der Waals surface area contributed by atoms with Crippen LogP contribution in [0.4, 0.5) is 5.69 Å². The summed E-state index contributed by atoms with van der Waals surface area (Å²) < 4.78 is 5.74. The minimum atomic E-state index is 0.0536. The van der Waals surface area contributed by atoms with Crippen LogP contribution in [0.25, 0.3) is 0 Å². The second kappa shape index (κ2) is 6.57. The van der Waals surface area contributed by atoms with Crippen molar-refractivity contribution in [3.63, 3.8) is 0 Å². The zero-order valence-electron chi connectivity index (χ0n) is 15.7. The van der Waals surface area contributed by atoms with Gasteiger partial charge in [0.1, 0.15) is 5.75 Å². The fourth-order valence-corrected chi connectivity index (χ4v) is 4.42. The summed E-state index contributed by atoms with van der Waals surface area (Å²) in [6.07, 6.45) is 1.03. The van der Waals surface area contributed by atoms with Gasteiger partial charge in [-0.1, -0.05) is 18.2 Å². The molecule has 1 saturated heterocycles. The number of benzene rings is 2. The zero-order valence-corrected chi connectivity index (χ0v) is 15.7. The highest BCUT2D eigenvalue weighted by molar-refractivity contribution is 5.99. The number of hydrogen-bond acceptors (Lipinski definition) is 4. The Hall–Kier alpha value is -2.53. The maximum Gasteiger partial charge on any atom is 0.251 e. The van der Waals surface area contributed by atoms with Crippen molar-refractivity contribution in [1.29, 1.82) is 0 Å². The standard InChI is InChI=1S/C22H25N3O2/c1-15(17-3-2-16-6-11-27-21(16)12-17)24-7-9-25(10-8-24)19-5-4-18-14-23-22(26)20(18)13-19/h2-5,12-13,15H,6-11,14H2,1H3,(H,23,26). The van der Waals surface area contributed by atoms with E-state index in [0.717, 1.165) is 61.8 Å². The van der Waals surface area contributed by atoms with Crippen LogP contribution in [0.2, 0.25) is 0 Å². The van der Waals surface area contributed by atoms with Crippen molar-refractivity contribution < 1.29 is 9.53 Å². The lowest BCUT2D eigenvalue weighted by Crippen LogP contribution is -2.47. The fourth-order valence-electron chi connectivity index (χ4n) is 4.42. The number of piperazine rings is 1. The van der Waals surface area contributed by atoms with E-state index in [-0.39, 0.29) is 5.91 Å². The molecule has 140 valence electrons. The molecule has 0 aliphatic carbocycles. The normalized spacial score (nSPS) is 20.0. The van der Waals surface area contributed by atoms with Crippen LogP contribution in [0, 0.1) is 0 Å². The molecule has 0 bridgehead atoms. The number of ether oxygens (including phenoxy) is 1. The van der Waals surface area contributed by atoms with Crippen molar-refractivity contribution in [2.45, 2.75) is 25.9 Å². The van der Waals surface area contributed by atoms with Gasteiger partial charge in [-0.25, -0.2) is 0 Å². The minimum absolute atomic E-state index is 0.0536. The predicted molar refractivity (Wildman–Crippen MR) is 105 cm³/mol. The van der Waals surface area contributed by atoms with Gasteiger partial charge in [-0.2, -0.15) is 0 Å². The van der Waals surface area contributed by atoms with E-state index in [0.29, 0.717) is 12.6 Å². The smallest absolute Gasteiger partial charge is 0.251 e. The molecule has 2 aromatic rings. The van der Waals surface area contributed by atoms with Gasteiger partial charge in [0.2, 0.25) is 0 Å². The Morgan fingerprint density at radius 3 is 2.70 bits per heavy atom. The van der Waals surface area contributed by atoms with Gasteiger partial charge in [0, 0.05) is 56.4 Å². The maximum absolute atomic E-state index is 11.9. The molecule has 1 N–H and O–H groups in total. The quantitative estimate of drug-likeness (QED) is 0.911. The molecule has 5 nitrogen and oxygen atoms in total. The van der Waals surface area contributed by atoms with Gasteiger partial charge in [-0.3, -0.25) is 9.69 Å². The van der Waals surface area contributed by atoms with Gasteiger partial charge >= 0.3 is 0 Å². The average Bonchev–Trinajstić information content (AvgIpc) is 3.33. The average molecular weight is 363 g/mol. The molecule has 3 aliphatic heterocycles. The van der Waals surface area contributed by atoms with Crippen LogP contribution in [0.15, 0.2) is 36.4 Å². The topological polar surface area (TPSA) is 44.8 Å². The third kappa shape index (κ3) is 2.96. The van der Waals surface area contributed by atoms with Crippen molar-refractivity contribution in [2.24, 2.45) is 0 Å². The summed E-state index contributed by atoms with van der Waals surface area (Å²) >= 11 is 0. The van der Waals surface area contributed by atoms with Crippen LogP contribution in [0.5, 0.6) is 5.75 Å². The van der Waals surface area contributed by atoms with E-state index in [2.05, 4.69) is 58.4 Å². The Kier molecular flexibility index (Phi) is 4.05. The largest absolute Gasteiger partial charge is 0.493 e. The number of hydrogen-bond donors (Lipinski definition) is 1. The molecule has 1 amide bonds. The van der Waals surface area contributed by atoms with Gasteiger partial charge in [0.05, 0.1) is 6.61 Å². The lowest BCUT2D eigenvalue weighted by molar-refractivity contribution is 0.0965. The summed E-state index contributed by atoms with van der Waals surface area (Å²) in [6, 6.07) is 13.4. The minimum Gasteiger partial charge on any atom is -0.493 e. The molecule has 1 fully saturated rings. The van der Waals surface area contributed by atoms with Gasteiger partial charge in [-0.05, 0) is 41.8 Å². The number of carbonyl (C=O) groups excluding carboxylic acids is 1. The highest BCUT2D eigenvalue weighted by atomic mass is 16.5. The second-order valence-corrected chi connectivity index (χ2v) is 7.69. The SMILES string of the molecule is CC(c1ccc2c(c1)OCC2)N1CCN(c2ccc3c(c2)C(=O)NC3)CC1. The molecule has 0 spiro atoms. The molecule has 5 rings (SSSR count). The van der Waals surface area contributed by atoms with Crippen LogP contribution in [0.1, 0.15) is 40.0 Å². The van der Waals surface area contributed by atoms with E-state index in [1.54, 1.807) is 0 Å². The van der Waals surface area contributed by atoms with E-state index >= 15 is 0 Å². The van der Waals surface area contributed by atoms with E-state index < -0.39 is 0 Å². The van der Waals surface area contributed by atoms with Gasteiger partial charge < -0.3 is 15.0 Å². The molecule has 0 radical (unpaired) electrons. The summed E-state index contributed by atoms with van der Waals surface area (Å²) in [5.41, 5.74) is 5.76. The Balaban J connectivity index is 1.26. The van der Waals surface area contributed by atoms with Crippen LogP contribution < -0.4 is 15.0 Å². The first-order valence-electron chi connectivity index (χ1n) is 9.85. The Labute approximate surface area is 159 Å². The Morgan fingerprint density at radius 1 is 1.04 bits per heavy atom. The predicted octanol–water partition coefficient (Wildman–Crippen LogP) is 2.75. The van der Waals surface area contributed by atoms with Crippen LogP contribution >= 0.6 is 0 Å². The number of anilines is 1. The second-order valence-electron chi connectivity index (χ2n) is 7.69. The molecule has 2 aromatic carbocycles. The fraction of sp³-hybridized carbons (Fsp3) is 0.409. The number of nitrogens with zero attached hydrogens (tertiary/aromatic N) is 2. The number of nitrogens with one attached hydrogen (secondary N) is 1. The number of amides is 1. The van der Waals surface area contributed by atoms with Crippen molar-refractivity contribution in [1.82, 2.24) is 10.2 Å². The molecule has 27 heavy (non-hydrogen) atoms. The summed E-state index contributed by atoms with van der Waals surface area (Å²) in [5, 5.41) is 2.90. The molecule has 1 atom stereocenters. The summed E-state index contributed by atoms with van der Waals surface area (Å²) in [6.45, 7) is 7.74. The number of fused-ring (bicyclic) bond motifs is 2. The highest BCUT2D eigenvalue weighted by Gasteiger charge is 2.25. The van der Waals surface area contributed by atoms with E-state index in [9.17, 15) is 4.79 Å². The van der Waals surface area contributed by atoms with Gasteiger partial charge in [0.15, 0.2) is 0 Å². The first-order valence-corrected chi connectivity index (χ1v) is 9.85. The van der Waals surface area contributed by atoms with E-state index in [4.69, 9.17) is 4.74 Å². The summed E-state index contributed by atoms with van der Waals surface area (Å²) in [7, 11) is 0. The van der Waals surface area contributed by atoms with Gasteiger partial charge in [0.25, 0.3) is 5.91 Å². The van der Waals surface area contributed by atoms with Crippen molar-refractivity contribution in [3.05, 3.63) is 58.7 Å². The van der Waals surface area contributed by atoms with Crippen molar-refractivity contribution in [3.8, 4) is 5.75 Å². The Bertz CT molecular complexity index is 887. The molecule has 0 aromatic heterocycles. The van der Waals surface area contributed by atoms with Crippen LogP contribution in [-0.2, 0) is 13.0 Å². The molecule has 0 saturated carbocycles. The maximum atomic E-state index is 11.9. The third-order valence-corrected chi connectivity index (χ3v) is 6.21. The molecular formula is C22H25N3O2. The first-order chi connectivity index (χ1) is 13.2. The Morgan fingerprint density at radius 2 is 1.85 bits per heavy atom.